The van der Waals surface area contributed by atoms with Crippen LogP contribution in [-0.4, -0.2) is 36.5 Å². The van der Waals surface area contributed by atoms with Gasteiger partial charge < -0.3 is 14.8 Å². The van der Waals surface area contributed by atoms with Crippen LogP contribution in [0, 0.1) is 0 Å². The fourth-order valence-electron chi connectivity index (χ4n) is 3.41. The Labute approximate surface area is 168 Å². The zero-order valence-corrected chi connectivity index (χ0v) is 17.0. The number of ether oxygens (including phenoxy) is 2. The summed E-state index contributed by atoms with van der Waals surface area (Å²) in [5.74, 6) is 1.27. The van der Waals surface area contributed by atoms with Gasteiger partial charge in [-0.3, -0.25) is 9.48 Å². The minimum atomic E-state index is -0.119. The second-order valence-electron chi connectivity index (χ2n) is 7.04. The predicted octanol–water partition coefficient (Wildman–Crippen LogP) is 3.63. The molecule has 1 aliphatic rings. The van der Waals surface area contributed by atoms with Crippen molar-refractivity contribution >= 4 is 17.2 Å². The summed E-state index contributed by atoms with van der Waals surface area (Å²) < 4.78 is 12.4. The van der Waals surface area contributed by atoms with Crippen LogP contribution in [0.15, 0.2) is 41.8 Å². The highest BCUT2D eigenvalue weighted by Crippen LogP contribution is 2.49. The van der Waals surface area contributed by atoms with Crippen LogP contribution in [0.4, 0.5) is 0 Å². The molecule has 1 aliphatic carbocycles. The van der Waals surface area contributed by atoms with Gasteiger partial charge in [-0.2, -0.15) is 5.10 Å². The number of nitrogens with one attached hydrogen (secondary N) is 1. The summed E-state index contributed by atoms with van der Waals surface area (Å²) in [6, 6.07) is 11.5. The van der Waals surface area contributed by atoms with Gasteiger partial charge in [0.15, 0.2) is 0 Å². The minimum Gasteiger partial charge on any atom is -0.497 e. The predicted molar refractivity (Wildman–Crippen MR) is 109 cm³/mol. The highest BCUT2D eigenvalue weighted by Gasteiger charge is 2.45. The van der Waals surface area contributed by atoms with Gasteiger partial charge in [-0.25, -0.2) is 0 Å². The minimum absolute atomic E-state index is 0.112. The van der Waals surface area contributed by atoms with Gasteiger partial charge in [0.2, 0.25) is 0 Å². The molecule has 146 valence electrons. The molecule has 0 bridgehead atoms. The summed E-state index contributed by atoms with van der Waals surface area (Å²) in [5.41, 5.74) is 2.08. The van der Waals surface area contributed by atoms with Gasteiger partial charge in [-0.05, 0) is 48.6 Å². The number of amides is 1. The molecule has 1 saturated carbocycles. The largest absolute Gasteiger partial charge is 0.497 e. The number of carbonyl (C=O) groups excluding carboxylic acids is 1. The van der Waals surface area contributed by atoms with Crippen molar-refractivity contribution in [2.75, 3.05) is 20.8 Å². The first-order chi connectivity index (χ1) is 13.6. The van der Waals surface area contributed by atoms with Crippen molar-refractivity contribution in [3.05, 3.63) is 52.3 Å². The van der Waals surface area contributed by atoms with E-state index in [9.17, 15) is 4.79 Å². The molecule has 1 amide bonds. The molecule has 2 aromatic heterocycles. The molecular formula is C21H23N3O3S. The normalized spacial score (nSPS) is 14.5. The van der Waals surface area contributed by atoms with Crippen molar-refractivity contribution in [3.8, 4) is 22.8 Å². The average Bonchev–Trinajstić information content (AvgIpc) is 3.12. The Bertz CT molecular complexity index is 991. The number of thiophene rings is 1. The van der Waals surface area contributed by atoms with Crippen LogP contribution in [-0.2, 0) is 12.5 Å². The Hall–Kier alpha value is -2.80. The van der Waals surface area contributed by atoms with Crippen LogP contribution in [0.5, 0.6) is 11.5 Å². The number of benzene rings is 1. The molecule has 0 saturated heterocycles. The molecule has 1 fully saturated rings. The zero-order chi connectivity index (χ0) is 19.7. The summed E-state index contributed by atoms with van der Waals surface area (Å²) in [5, 5.41) is 9.71. The highest BCUT2D eigenvalue weighted by atomic mass is 32.1. The Morgan fingerprint density at radius 2 is 2.07 bits per heavy atom. The number of methoxy groups -OCH3 is 2. The number of aryl methyl sites for hydroxylation is 1. The van der Waals surface area contributed by atoms with Crippen molar-refractivity contribution in [2.24, 2.45) is 7.05 Å². The summed E-state index contributed by atoms with van der Waals surface area (Å²) >= 11 is 1.76. The first-order valence-electron chi connectivity index (χ1n) is 9.15. The van der Waals surface area contributed by atoms with E-state index in [1.807, 2.05) is 18.2 Å². The lowest BCUT2D eigenvalue weighted by atomic mass is 10.1. The molecule has 4 rings (SSSR count). The third-order valence-electron chi connectivity index (χ3n) is 5.28. The van der Waals surface area contributed by atoms with Crippen molar-refractivity contribution in [1.29, 1.82) is 0 Å². The molecule has 28 heavy (non-hydrogen) atoms. The fraction of sp³-hybridized carbons (Fsp3) is 0.333. The van der Waals surface area contributed by atoms with Gasteiger partial charge in [0.05, 0.1) is 19.9 Å². The SMILES string of the molecule is COc1ccc(OC)c(-c2cc(C(=O)NCC3(c4cccs4)CC3)n(C)n2)c1. The van der Waals surface area contributed by atoms with E-state index in [0.717, 1.165) is 18.4 Å². The van der Waals surface area contributed by atoms with E-state index in [4.69, 9.17) is 9.47 Å². The molecule has 0 aliphatic heterocycles. The number of rotatable bonds is 7. The topological polar surface area (TPSA) is 65.4 Å². The molecule has 1 N–H and O–H groups in total. The van der Waals surface area contributed by atoms with Crippen LogP contribution in [0.1, 0.15) is 28.2 Å². The van der Waals surface area contributed by atoms with E-state index in [2.05, 4.69) is 27.9 Å². The quantitative estimate of drug-likeness (QED) is 0.661. The maximum Gasteiger partial charge on any atom is 0.269 e. The molecule has 0 atom stereocenters. The van der Waals surface area contributed by atoms with E-state index >= 15 is 0 Å². The third kappa shape index (κ3) is 3.38. The van der Waals surface area contributed by atoms with Crippen molar-refractivity contribution in [3.63, 3.8) is 0 Å². The Morgan fingerprint density at radius 1 is 1.25 bits per heavy atom. The van der Waals surface area contributed by atoms with Crippen molar-refractivity contribution < 1.29 is 14.3 Å². The first-order valence-corrected chi connectivity index (χ1v) is 10.0. The van der Waals surface area contributed by atoms with Gasteiger partial charge >= 0.3 is 0 Å². The lowest BCUT2D eigenvalue weighted by Gasteiger charge is -2.14. The Kier molecular flexibility index (Phi) is 4.85. The van der Waals surface area contributed by atoms with Gasteiger partial charge in [0.25, 0.3) is 5.91 Å². The second-order valence-corrected chi connectivity index (χ2v) is 7.99. The van der Waals surface area contributed by atoms with E-state index in [1.165, 1.54) is 4.88 Å². The van der Waals surface area contributed by atoms with Gasteiger partial charge in [0, 0.05) is 29.4 Å². The molecule has 3 aromatic rings. The second kappa shape index (κ2) is 7.31. The lowest BCUT2D eigenvalue weighted by molar-refractivity contribution is 0.0940. The molecule has 0 unspecified atom stereocenters. The molecule has 7 heteroatoms. The van der Waals surface area contributed by atoms with Crippen molar-refractivity contribution in [1.82, 2.24) is 15.1 Å². The number of carbonyl (C=O) groups is 1. The Morgan fingerprint density at radius 3 is 2.71 bits per heavy atom. The first kappa shape index (κ1) is 18.6. The molecule has 6 nitrogen and oxygen atoms in total. The van der Waals surface area contributed by atoms with Gasteiger partial charge in [-0.1, -0.05) is 6.07 Å². The third-order valence-corrected chi connectivity index (χ3v) is 6.40. The molecule has 2 heterocycles. The summed E-state index contributed by atoms with van der Waals surface area (Å²) in [6.45, 7) is 0.648. The van der Waals surface area contributed by atoms with Crippen LogP contribution in [0.2, 0.25) is 0 Å². The van der Waals surface area contributed by atoms with E-state index in [-0.39, 0.29) is 11.3 Å². The van der Waals surface area contributed by atoms with Crippen LogP contribution < -0.4 is 14.8 Å². The zero-order valence-electron chi connectivity index (χ0n) is 16.2. The van der Waals surface area contributed by atoms with E-state index in [0.29, 0.717) is 29.4 Å². The lowest BCUT2D eigenvalue weighted by Crippen LogP contribution is -2.32. The summed E-state index contributed by atoms with van der Waals surface area (Å²) in [7, 11) is 5.00. The number of nitrogens with zero attached hydrogens (tertiary/aromatic N) is 2. The fourth-order valence-corrected chi connectivity index (χ4v) is 4.39. The van der Waals surface area contributed by atoms with Crippen LogP contribution >= 0.6 is 11.3 Å². The van der Waals surface area contributed by atoms with Crippen LogP contribution in [0.25, 0.3) is 11.3 Å². The maximum atomic E-state index is 12.8. The van der Waals surface area contributed by atoms with E-state index < -0.39 is 0 Å². The highest BCUT2D eigenvalue weighted by molar-refractivity contribution is 7.10. The molecule has 0 radical (unpaired) electrons. The van der Waals surface area contributed by atoms with Crippen LogP contribution in [0.3, 0.4) is 0 Å². The van der Waals surface area contributed by atoms with Gasteiger partial charge in [-0.15, -0.1) is 11.3 Å². The maximum absolute atomic E-state index is 12.8. The monoisotopic (exact) mass is 397 g/mol. The number of hydrogen-bond donors (Lipinski definition) is 1. The van der Waals surface area contributed by atoms with Crippen molar-refractivity contribution in [2.45, 2.75) is 18.3 Å². The Balaban J connectivity index is 1.54. The smallest absolute Gasteiger partial charge is 0.269 e. The number of aromatic nitrogens is 2. The number of hydrogen-bond acceptors (Lipinski definition) is 5. The van der Waals surface area contributed by atoms with E-state index in [1.54, 1.807) is 43.4 Å². The standard InChI is InChI=1S/C21H23N3O3S/c1-24-17(20(25)22-13-21(8-9-21)19-5-4-10-28-19)12-16(23-24)15-11-14(26-2)6-7-18(15)27-3/h4-7,10-12H,8-9,13H2,1-3H3,(H,22,25). The van der Waals surface area contributed by atoms with Gasteiger partial charge in [0.1, 0.15) is 17.2 Å². The molecular weight excluding hydrogens is 374 g/mol. The molecule has 0 spiro atoms. The summed E-state index contributed by atoms with van der Waals surface area (Å²) in [6.07, 6.45) is 2.23. The molecule has 1 aromatic carbocycles. The average molecular weight is 398 g/mol. The summed E-state index contributed by atoms with van der Waals surface area (Å²) in [4.78, 5) is 14.2.